The number of halogens is 1. The molecule has 8 heteroatoms. The zero-order valence-corrected chi connectivity index (χ0v) is 17.8. The standard InChI is InChI=1S/C21H25ClN2O5/c1-5-29-18(26)7-6-14-20(22)16(28-4)8-15-19-12(2)24(17(25)11-27-3)10-13(19)9-23-21(14)15/h8-9,12H,5-7,10-11H2,1-4H3/t12-/m0/s1. The molecule has 0 saturated carbocycles. The van der Waals surface area contributed by atoms with Gasteiger partial charge in [0.05, 0.1) is 30.3 Å². The van der Waals surface area contributed by atoms with Crippen molar-refractivity contribution in [2.75, 3.05) is 27.4 Å². The number of amides is 1. The van der Waals surface area contributed by atoms with Crippen LogP contribution < -0.4 is 4.74 Å². The lowest BCUT2D eigenvalue weighted by molar-refractivity contribution is -0.143. The molecule has 0 aliphatic carbocycles. The van der Waals surface area contributed by atoms with Crippen molar-refractivity contribution in [3.05, 3.63) is 34.0 Å². The zero-order chi connectivity index (χ0) is 21.1. The maximum absolute atomic E-state index is 12.4. The van der Waals surface area contributed by atoms with Crippen molar-refractivity contribution in [3.63, 3.8) is 0 Å². The summed E-state index contributed by atoms with van der Waals surface area (Å²) >= 11 is 6.56. The van der Waals surface area contributed by atoms with Crippen LogP contribution in [0.25, 0.3) is 10.9 Å². The minimum absolute atomic E-state index is 0.0314. The smallest absolute Gasteiger partial charge is 0.306 e. The molecule has 1 aliphatic rings. The van der Waals surface area contributed by atoms with Crippen molar-refractivity contribution in [2.24, 2.45) is 0 Å². The van der Waals surface area contributed by atoms with Crippen molar-refractivity contribution in [3.8, 4) is 5.75 Å². The number of benzene rings is 1. The number of carbonyl (C=O) groups excluding carboxylic acids is 2. The second kappa shape index (κ2) is 8.97. The maximum atomic E-state index is 12.4. The Balaban J connectivity index is 2.08. The van der Waals surface area contributed by atoms with Crippen LogP contribution in [-0.4, -0.2) is 49.2 Å². The van der Waals surface area contributed by atoms with Gasteiger partial charge in [0.25, 0.3) is 0 Å². The van der Waals surface area contributed by atoms with Gasteiger partial charge in [-0.25, -0.2) is 0 Å². The average Bonchev–Trinajstić information content (AvgIpc) is 3.04. The number of ether oxygens (including phenoxy) is 3. The van der Waals surface area contributed by atoms with Crippen LogP contribution in [0, 0.1) is 0 Å². The number of carbonyl (C=O) groups is 2. The van der Waals surface area contributed by atoms with E-state index in [1.54, 1.807) is 25.1 Å². The van der Waals surface area contributed by atoms with Crippen molar-refractivity contribution >= 4 is 34.4 Å². The lowest BCUT2D eigenvalue weighted by Crippen LogP contribution is -2.31. The number of rotatable bonds is 7. The van der Waals surface area contributed by atoms with Gasteiger partial charge in [-0.05, 0) is 37.5 Å². The molecule has 1 atom stereocenters. The number of methoxy groups -OCH3 is 2. The van der Waals surface area contributed by atoms with Crippen LogP contribution in [0.2, 0.25) is 5.02 Å². The first-order chi connectivity index (χ1) is 13.9. The van der Waals surface area contributed by atoms with Gasteiger partial charge < -0.3 is 19.1 Å². The van der Waals surface area contributed by atoms with E-state index in [1.165, 1.54) is 7.11 Å². The van der Waals surface area contributed by atoms with Crippen LogP contribution in [0.5, 0.6) is 5.75 Å². The van der Waals surface area contributed by atoms with Crippen molar-refractivity contribution in [2.45, 2.75) is 39.3 Å². The molecule has 2 aromatic rings. The molecule has 0 bridgehead atoms. The van der Waals surface area contributed by atoms with Gasteiger partial charge in [-0.15, -0.1) is 0 Å². The average molecular weight is 421 g/mol. The molecule has 0 N–H and O–H groups in total. The van der Waals surface area contributed by atoms with Gasteiger partial charge in [-0.2, -0.15) is 0 Å². The predicted octanol–water partition coefficient (Wildman–Crippen LogP) is 3.44. The SMILES string of the molecule is CCOC(=O)CCc1c(Cl)c(OC)cc2c3c(cnc12)CN(C(=O)COC)[C@H]3C. The molecule has 2 heterocycles. The van der Waals surface area contributed by atoms with E-state index in [4.69, 9.17) is 25.8 Å². The van der Waals surface area contributed by atoms with Crippen LogP contribution in [0.15, 0.2) is 12.3 Å². The van der Waals surface area contributed by atoms with Gasteiger partial charge in [0.2, 0.25) is 5.91 Å². The highest BCUT2D eigenvalue weighted by Crippen LogP contribution is 2.42. The largest absolute Gasteiger partial charge is 0.495 e. The van der Waals surface area contributed by atoms with E-state index >= 15 is 0 Å². The summed E-state index contributed by atoms with van der Waals surface area (Å²) in [6, 6.07) is 1.72. The first kappa shape index (κ1) is 21.3. The van der Waals surface area contributed by atoms with E-state index in [1.807, 2.05) is 13.0 Å². The fourth-order valence-corrected chi connectivity index (χ4v) is 4.17. The number of pyridine rings is 1. The molecule has 0 spiro atoms. The summed E-state index contributed by atoms with van der Waals surface area (Å²) in [5.74, 6) is 0.153. The van der Waals surface area contributed by atoms with Crippen molar-refractivity contribution < 1.29 is 23.8 Å². The number of aromatic nitrogens is 1. The lowest BCUT2D eigenvalue weighted by atomic mass is 9.97. The lowest BCUT2D eigenvalue weighted by Gasteiger charge is -2.22. The summed E-state index contributed by atoms with van der Waals surface area (Å²) in [6.45, 7) is 4.60. The number of hydrogen-bond acceptors (Lipinski definition) is 6. The molecule has 0 saturated heterocycles. The van der Waals surface area contributed by atoms with Gasteiger partial charge in [0, 0.05) is 37.2 Å². The third kappa shape index (κ3) is 4.02. The summed E-state index contributed by atoms with van der Waals surface area (Å²) < 4.78 is 15.5. The van der Waals surface area contributed by atoms with Gasteiger partial charge in [-0.1, -0.05) is 11.6 Å². The highest BCUT2D eigenvalue weighted by molar-refractivity contribution is 6.34. The van der Waals surface area contributed by atoms with Crippen molar-refractivity contribution in [1.82, 2.24) is 9.88 Å². The van der Waals surface area contributed by atoms with Gasteiger partial charge in [0.15, 0.2) is 0 Å². The number of hydrogen-bond donors (Lipinski definition) is 0. The minimum atomic E-state index is -0.287. The Hall–Kier alpha value is -2.38. The Labute approximate surface area is 174 Å². The normalized spacial score (nSPS) is 15.5. The fraction of sp³-hybridized carbons (Fsp3) is 0.476. The molecule has 29 heavy (non-hydrogen) atoms. The summed E-state index contributed by atoms with van der Waals surface area (Å²) in [5.41, 5.74) is 3.46. The Bertz CT molecular complexity index is 947. The van der Waals surface area contributed by atoms with Crippen LogP contribution >= 0.6 is 11.6 Å². The Morgan fingerprint density at radius 3 is 2.76 bits per heavy atom. The first-order valence-electron chi connectivity index (χ1n) is 9.53. The summed E-state index contributed by atoms with van der Waals surface area (Å²) in [6.07, 6.45) is 2.37. The van der Waals surface area contributed by atoms with Gasteiger partial charge >= 0.3 is 5.97 Å². The number of esters is 1. The predicted molar refractivity (Wildman–Crippen MR) is 109 cm³/mol. The monoisotopic (exact) mass is 420 g/mol. The Kier molecular flexibility index (Phi) is 6.59. The topological polar surface area (TPSA) is 78.0 Å². The van der Waals surface area contributed by atoms with Crippen molar-refractivity contribution in [1.29, 1.82) is 0 Å². The molecule has 0 unspecified atom stereocenters. The van der Waals surface area contributed by atoms with Gasteiger partial charge in [0.1, 0.15) is 12.4 Å². The highest BCUT2D eigenvalue weighted by atomic mass is 35.5. The molecular formula is C21H25ClN2O5. The maximum Gasteiger partial charge on any atom is 0.306 e. The molecule has 1 aromatic carbocycles. The molecular weight excluding hydrogens is 396 g/mol. The molecule has 1 amide bonds. The molecule has 7 nitrogen and oxygen atoms in total. The first-order valence-corrected chi connectivity index (χ1v) is 9.91. The quantitative estimate of drug-likeness (QED) is 0.638. The number of aryl methyl sites for hydroxylation is 1. The Morgan fingerprint density at radius 1 is 1.34 bits per heavy atom. The summed E-state index contributed by atoms with van der Waals surface area (Å²) in [7, 11) is 3.06. The fourth-order valence-electron chi connectivity index (χ4n) is 3.86. The Morgan fingerprint density at radius 2 is 2.10 bits per heavy atom. The van der Waals surface area contributed by atoms with E-state index in [-0.39, 0.29) is 30.9 Å². The third-order valence-corrected chi connectivity index (χ3v) is 5.62. The molecule has 3 rings (SSSR count). The number of nitrogens with zero attached hydrogens (tertiary/aromatic N) is 2. The highest BCUT2D eigenvalue weighted by Gasteiger charge is 2.33. The second-order valence-corrected chi connectivity index (χ2v) is 7.28. The molecule has 0 radical (unpaired) electrons. The number of fused-ring (bicyclic) bond motifs is 3. The molecule has 1 aliphatic heterocycles. The van der Waals surface area contributed by atoms with Crippen LogP contribution in [0.4, 0.5) is 0 Å². The molecule has 0 fully saturated rings. The van der Waals surface area contributed by atoms with Crippen LogP contribution in [0.1, 0.15) is 43.0 Å². The van der Waals surface area contributed by atoms with E-state index in [9.17, 15) is 9.59 Å². The second-order valence-electron chi connectivity index (χ2n) is 6.90. The van der Waals surface area contributed by atoms with Crippen LogP contribution in [-0.2, 0) is 32.0 Å². The third-order valence-electron chi connectivity index (χ3n) is 5.20. The van der Waals surface area contributed by atoms with E-state index in [2.05, 4.69) is 4.98 Å². The zero-order valence-electron chi connectivity index (χ0n) is 17.1. The summed E-state index contributed by atoms with van der Waals surface area (Å²) in [4.78, 5) is 30.7. The van der Waals surface area contributed by atoms with Crippen LogP contribution in [0.3, 0.4) is 0 Å². The molecule has 156 valence electrons. The minimum Gasteiger partial charge on any atom is -0.495 e. The van der Waals surface area contributed by atoms with E-state index in [0.717, 1.165) is 22.1 Å². The molecule has 1 aromatic heterocycles. The van der Waals surface area contributed by atoms with Gasteiger partial charge in [-0.3, -0.25) is 14.6 Å². The van der Waals surface area contributed by atoms with E-state index in [0.29, 0.717) is 35.9 Å². The van der Waals surface area contributed by atoms with E-state index < -0.39 is 0 Å². The summed E-state index contributed by atoms with van der Waals surface area (Å²) in [5, 5.41) is 1.32.